The predicted octanol–water partition coefficient (Wildman–Crippen LogP) is 0.393. The van der Waals surface area contributed by atoms with Crippen LogP contribution in [0.3, 0.4) is 0 Å². The van der Waals surface area contributed by atoms with Crippen LogP contribution in [0.1, 0.15) is 19.3 Å². The van der Waals surface area contributed by atoms with Crippen molar-refractivity contribution in [3.8, 4) is 0 Å². The Kier molecular flexibility index (Phi) is 3.35. The largest absolute Gasteiger partial charge is 0.341 e. The molecule has 0 aromatic rings. The Labute approximate surface area is 78.9 Å². The maximum atomic E-state index is 11.5. The van der Waals surface area contributed by atoms with Crippen LogP contribution in [0.15, 0.2) is 0 Å². The number of rotatable bonds is 1. The number of nitrogens with zero attached hydrogens (tertiary/aromatic N) is 1. The van der Waals surface area contributed by atoms with E-state index >= 15 is 0 Å². The summed E-state index contributed by atoms with van der Waals surface area (Å²) < 4.78 is 0. The van der Waals surface area contributed by atoms with Gasteiger partial charge in [-0.1, -0.05) is 0 Å². The molecule has 70 valence electrons. The molecule has 2 aliphatic heterocycles. The number of nitrogens with one attached hydrogen (secondary N) is 1. The number of likely N-dealkylation sites (tertiary alicyclic amines) is 1. The van der Waals surface area contributed by atoms with Gasteiger partial charge in [0.1, 0.15) is 0 Å². The fourth-order valence-electron chi connectivity index (χ4n) is 1.66. The molecule has 2 rings (SSSR count). The number of amides is 1. The highest BCUT2D eigenvalue weighted by atomic mass is 35.5. The Morgan fingerprint density at radius 3 is 2.33 bits per heavy atom. The highest BCUT2D eigenvalue weighted by Gasteiger charge is 2.29. The van der Waals surface area contributed by atoms with Crippen LogP contribution in [0.25, 0.3) is 0 Å². The van der Waals surface area contributed by atoms with E-state index < -0.39 is 0 Å². The van der Waals surface area contributed by atoms with E-state index in [0.29, 0.717) is 5.91 Å². The van der Waals surface area contributed by atoms with Gasteiger partial charge >= 0.3 is 0 Å². The quantitative estimate of drug-likeness (QED) is 0.649. The van der Waals surface area contributed by atoms with Crippen LogP contribution in [-0.2, 0) is 4.79 Å². The number of hydrogen-bond acceptors (Lipinski definition) is 2. The number of carbonyl (C=O) groups is 1. The summed E-state index contributed by atoms with van der Waals surface area (Å²) in [6, 6.07) is 0.160. The molecule has 3 nitrogen and oxygen atoms in total. The third kappa shape index (κ3) is 1.72. The lowest BCUT2D eigenvalue weighted by Gasteiger charge is -2.30. The Hall–Kier alpha value is -0.280. The van der Waals surface area contributed by atoms with Gasteiger partial charge in [0.15, 0.2) is 0 Å². The summed E-state index contributed by atoms with van der Waals surface area (Å²) in [4.78, 5) is 13.5. The molecule has 2 heterocycles. The van der Waals surface area contributed by atoms with E-state index in [1.807, 2.05) is 4.90 Å². The lowest BCUT2D eigenvalue weighted by Crippen LogP contribution is -2.53. The van der Waals surface area contributed by atoms with E-state index in [4.69, 9.17) is 0 Å². The van der Waals surface area contributed by atoms with Crippen molar-refractivity contribution in [3.63, 3.8) is 0 Å². The molecule has 0 bridgehead atoms. The molecule has 1 atom stereocenters. The normalized spacial score (nSPS) is 27.7. The first kappa shape index (κ1) is 9.81. The standard InChI is InChI=1S/C8H14N2O.ClH/c11-8(7-3-4-9-7)10-5-1-2-6-10;/h7,9H,1-6H2;1H/t7-;/m1./s1. The van der Waals surface area contributed by atoms with E-state index in [1.165, 1.54) is 12.8 Å². The maximum absolute atomic E-state index is 11.5. The molecule has 2 saturated heterocycles. The van der Waals surface area contributed by atoms with Gasteiger partial charge in [-0.25, -0.2) is 0 Å². The smallest absolute Gasteiger partial charge is 0.239 e. The Morgan fingerprint density at radius 1 is 1.33 bits per heavy atom. The van der Waals surface area contributed by atoms with Gasteiger partial charge in [0.2, 0.25) is 5.91 Å². The molecular formula is C8H15ClN2O. The molecule has 12 heavy (non-hydrogen) atoms. The first-order valence-corrected chi connectivity index (χ1v) is 4.40. The minimum Gasteiger partial charge on any atom is -0.341 e. The molecule has 1 N–H and O–H groups in total. The first-order chi connectivity index (χ1) is 5.38. The van der Waals surface area contributed by atoms with Crippen LogP contribution in [0.5, 0.6) is 0 Å². The molecule has 0 aliphatic carbocycles. The third-order valence-corrected chi connectivity index (χ3v) is 2.54. The highest BCUT2D eigenvalue weighted by molar-refractivity contribution is 5.85. The van der Waals surface area contributed by atoms with Crippen molar-refractivity contribution in [2.75, 3.05) is 19.6 Å². The van der Waals surface area contributed by atoms with Crippen molar-refractivity contribution in [2.45, 2.75) is 25.3 Å². The second kappa shape index (κ2) is 4.10. The van der Waals surface area contributed by atoms with Gasteiger partial charge < -0.3 is 10.2 Å². The summed E-state index contributed by atoms with van der Waals surface area (Å²) in [7, 11) is 0. The second-order valence-corrected chi connectivity index (χ2v) is 3.33. The molecule has 2 fully saturated rings. The van der Waals surface area contributed by atoms with Crippen molar-refractivity contribution in [1.29, 1.82) is 0 Å². The van der Waals surface area contributed by atoms with Crippen LogP contribution in [-0.4, -0.2) is 36.5 Å². The highest BCUT2D eigenvalue weighted by Crippen LogP contribution is 2.12. The summed E-state index contributed by atoms with van der Waals surface area (Å²) in [6.45, 7) is 2.98. The zero-order valence-electron chi connectivity index (χ0n) is 7.08. The summed E-state index contributed by atoms with van der Waals surface area (Å²) in [6.07, 6.45) is 3.42. The fraction of sp³-hybridized carbons (Fsp3) is 0.875. The molecule has 0 spiro atoms. The predicted molar refractivity (Wildman–Crippen MR) is 49.5 cm³/mol. The van der Waals surface area contributed by atoms with E-state index in [9.17, 15) is 4.79 Å². The molecule has 1 amide bonds. The Bertz CT molecular complexity index is 164. The van der Waals surface area contributed by atoms with Gasteiger partial charge in [-0.3, -0.25) is 4.79 Å². The molecule has 0 aromatic heterocycles. The van der Waals surface area contributed by atoms with E-state index in [1.54, 1.807) is 0 Å². The monoisotopic (exact) mass is 190 g/mol. The maximum Gasteiger partial charge on any atom is 0.239 e. The molecule has 0 unspecified atom stereocenters. The van der Waals surface area contributed by atoms with Crippen molar-refractivity contribution < 1.29 is 4.79 Å². The van der Waals surface area contributed by atoms with Gasteiger partial charge in [0.25, 0.3) is 0 Å². The number of halogens is 1. The third-order valence-electron chi connectivity index (χ3n) is 2.54. The summed E-state index contributed by atoms with van der Waals surface area (Å²) in [5, 5.41) is 3.13. The lowest BCUT2D eigenvalue weighted by molar-refractivity contribution is -0.134. The summed E-state index contributed by atoms with van der Waals surface area (Å²) in [5.41, 5.74) is 0. The summed E-state index contributed by atoms with van der Waals surface area (Å²) in [5.74, 6) is 0.328. The number of hydrogen-bond donors (Lipinski definition) is 1. The zero-order chi connectivity index (χ0) is 7.68. The Morgan fingerprint density at radius 2 is 1.92 bits per heavy atom. The molecule has 4 heteroatoms. The van der Waals surface area contributed by atoms with Gasteiger partial charge in [-0.2, -0.15) is 0 Å². The second-order valence-electron chi connectivity index (χ2n) is 3.33. The van der Waals surface area contributed by atoms with Gasteiger partial charge in [0.05, 0.1) is 6.04 Å². The van der Waals surface area contributed by atoms with Crippen molar-refractivity contribution in [3.05, 3.63) is 0 Å². The van der Waals surface area contributed by atoms with Crippen LogP contribution >= 0.6 is 12.4 Å². The Balaban J connectivity index is 0.000000720. The van der Waals surface area contributed by atoms with Crippen molar-refractivity contribution in [1.82, 2.24) is 10.2 Å². The zero-order valence-corrected chi connectivity index (χ0v) is 7.90. The van der Waals surface area contributed by atoms with Crippen molar-refractivity contribution >= 4 is 18.3 Å². The first-order valence-electron chi connectivity index (χ1n) is 4.40. The minimum absolute atomic E-state index is 0. The minimum atomic E-state index is 0. The topological polar surface area (TPSA) is 32.3 Å². The van der Waals surface area contributed by atoms with Crippen LogP contribution in [0.2, 0.25) is 0 Å². The molecule has 0 radical (unpaired) electrons. The fourth-order valence-corrected chi connectivity index (χ4v) is 1.66. The van der Waals surface area contributed by atoms with Gasteiger partial charge in [-0.05, 0) is 25.8 Å². The van der Waals surface area contributed by atoms with E-state index in [-0.39, 0.29) is 18.4 Å². The van der Waals surface area contributed by atoms with Crippen LogP contribution < -0.4 is 5.32 Å². The number of carbonyl (C=O) groups excluding carboxylic acids is 1. The molecule has 0 saturated carbocycles. The molecular weight excluding hydrogens is 176 g/mol. The van der Waals surface area contributed by atoms with Crippen LogP contribution in [0, 0.1) is 0 Å². The SMILES string of the molecule is Cl.O=C([C@H]1CCN1)N1CCCC1. The molecule has 2 aliphatic rings. The average Bonchev–Trinajstić information content (AvgIpc) is 2.32. The van der Waals surface area contributed by atoms with Crippen LogP contribution in [0.4, 0.5) is 0 Å². The van der Waals surface area contributed by atoms with Crippen molar-refractivity contribution in [2.24, 2.45) is 0 Å². The average molecular weight is 191 g/mol. The summed E-state index contributed by atoms with van der Waals surface area (Å²) >= 11 is 0. The van der Waals surface area contributed by atoms with E-state index in [2.05, 4.69) is 5.32 Å². The van der Waals surface area contributed by atoms with Gasteiger partial charge in [-0.15, -0.1) is 12.4 Å². The molecule has 0 aromatic carbocycles. The van der Waals surface area contributed by atoms with E-state index in [0.717, 1.165) is 26.1 Å². The van der Waals surface area contributed by atoms with Gasteiger partial charge in [0, 0.05) is 13.1 Å². The lowest BCUT2D eigenvalue weighted by atomic mass is 10.1.